The molecule has 0 atom stereocenters. The van der Waals surface area contributed by atoms with Crippen LogP contribution in [0.25, 0.3) is 10.9 Å². The molecular weight excluding hydrogens is 464 g/mol. The summed E-state index contributed by atoms with van der Waals surface area (Å²) in [5, 5.41) is 13.0. The first kappa shape index (κ1) is 22.0. The Morgan fingerprint density at radius 3 is 2.67 bits per heavy atom. The minimum atomic E-state index is -0.484. The summed E-state index contributed by atoms with van der Waals surface area (Å²) < 4.78 is 16.8. The van der Waals surface area contributed by atoms with Crippen LogP contribution in [-0.4, -0.2) is 57.7 Å². The van der Waals surface area contributed by atoms with Gasteiger partial charge in [0.05, 0.1) is 4.92 Å². The van der Waals surface area contributed by atoms with Crippen LogP contribution in [0.2, 0.25) is 0 Å². The van der Waals surface area contributed by atoms with Crippen LogP contribution >= 0.6 is 0 Å². The first-order valence-corrected chi connectivity index (χ1v) is 11.5. The molecule has 2 aromatic carbocycles. The smallest absolute Gasteiger partial charge is 0.373 e. The molecule has 0 radical (unpaired) electrons. The number of pyridine rings is 1. The summed E-state index contributed by atoms with van der Waals surface area (Å²) in [4.78, 5) is 28.5. The van der Waals surface area contributed by atoms with Crippen molar-refractivity contribution in [3.63, 3.8) is 0 Å². The van der Waals surface area contributed by atoms with E-state index < -0.39 is 4.92 Å². The summed E-state index contributed by atoms with van der Waals surface area (Å²) in [6.45, 7) is 3.60. The van der Waals surface area contributed by atoms with E-state index in [4.69, 9.17) is 14.2 Å². The highest BCUT2D eigenvalue weighted by Crippen LogP contribution is 2.38. The number of benzene rings is 2. The third-order valence-electron chi connectivity index (χ3n) is 6.27. The van der Waals surface area contributed by atoms with Crippen LogP contribution in [0.3, 0.4) is 0 Å². The zero-order valence-electron chi connectivity index (χ0n) is 19.2. The number of hydrogen-bond acceptors (Lipinski definition) is 10. The fraction of sp³-hybridized carbons (Fsp3) is 0.240. The van der Waals surface area contributed by atoms with E-state index in [1.54, 1.807) is 12.3 Å². The Morgan fingerprint density at radius 1 is 0.972 bits per heavy atom. The molecule has 4 aromatic rings. The standard InChI is InChI=1S/C25H22N6O5/c32-31(33)23-24(27-15-28-25(23)36-20-5-1-3-18-4-2-8-26-22(18)20)30-11-9-29(10-12-30)14-17-6-7-19-21(13-17)35-16-34-19/h1-8,13,15H,9-12,14,16H2. The van der Waals surface area contributed by atoms with Crippen LogP contribution in [0.5, 0.6) is 23.1 Å². The third kappa shape index (κ3) is 4.20. The molecule has 2 aliphatic heterocycles. The molecule has 1 fully saturated rings. The number of hydrogen-bond donors (Lipinski definition) is 0. The van der Waals surface area contributed by atoms with Crippen LogP contribution < -0.4 is 19.1 Å². The van der Waals surface area contributed by atoms with Gasteiger partial charge < -0.3 is 19.1 Å². The van der Waals surface area contributed by atoms with Crippen molar-refractivity contribution in [3.8, 4) is 23.1 Å². The lowest BCUT2D eigenvalue weighted by atomic mass is 10.1. The van der Waals surface area contributed by atoms with Crippen LogP contribution in [-0.2, 0) is 6.54 Å². The molecule has 2 aromatic heterocycles. The van der Waals surface area contributed by atoms with Gasteiger partial charge in [0.2, 0.25) is 12.6 Å². The predicted molar refractivity (Wildman–Crippen MR) is 131 cm³/mol. The lowest BCUT2D eigenvalue weighted by Gasteiger charge is -2.35. The molecule has 0 unspecified atom stereocenters. The SMILES string of the molecule is O=[N+]([O-])c1c(Oc2cccc3cccnc23)ncnc1N1CCN(Cc2ccc3c(c2)OCO3)CC1. The Kier molecular flexibility index (Phi) is 5.66. The highest BCUT2D eigenvalue weighted by Gasteiger charge is 2.31. The van der Waals surface area contributed by atoms with Gasteiger partial charge in [0, 0.05) is 44.3 Å². The Labute approximate surface area is 206 Å². The molecule has 11 nitrogen and oxygen atoms in total. The molecule has 1 saturated heterocycles. The zero-order chi connectivity index (χ0) is 24.5. The topological polar surface area (TPSA) is 116 Å². The third-order valence-corrected chi connectivity index (χ3v) is 6.27. The molecule has 0 spiro atoms. The van der Waals surface area contributed by atoms with Crippen molar-refractivity contribution < 1.29 is 19.1 Å². The van der Waals surface area contributed by atoms with E-state index in [2.05, 4.69) is 19.9 Å². The second-order valence-corrected chi connectivity index (χ2v) is 8.49. The van der Waals surface area contributed by atoms with Gasteiger partial charge in [0.1, 0.15) is 11.8 Å². The van der Waals surface area contributed by atoms with E-state index >= 15 is 0 Å². The number of nitrogens with zero attached hydrogens (tertiary/aromatic N) is 6. The van der Waals surface area contributed by atoms with Crippen LogP contribution in [0.15, 0.2) is 61.1 Å². The zero-order valence-corrected chi connectivity index (χ0v) is 19.2. The van der Waals surface area contributed by atoms with Crippen molar-refractivity contribution >= 4 is 22.4 Å². The van der Waals surface area contributed by atoms with Crippen molar-refractivity contribution in [1.29, 1.82) is 0 Å². The Balaban J connectivity index is 1.20. The Bertz CT molecular complexity index is 1430. The molecule has 0 bridgehead atoms. The van der Waals surface area contributed by atoms with Gasteiger partial charge in [-0.1, -0.05) is 24.3 Å². The van der Waals surface area contributed by atoms with E-state index in [9.17, 15) is 10.1 Å². The summed E-state index contributed by atoms with van der Waals surface area (Å²) in [5.41, 5.74) is 1.47. The van der Waals surface area contributed by atoms with E-state index in [0.29, 0.717) is 24.4 Å². The van der Waals surface area contributed by atoms with Crippen molar-refractivity contribution in [1.82, 2.24) is 19.9 Å². The van der Waals surface area contributed by atoms with Crippen LogP contribution in [0, 0.1) is 10.1 Å². The normalized spacial score (nSPS) is 15.3. The van der Waals surface area contributed by atoms with E-state index in [0.717, 1.165) is 42.1 Å². The summed E-state index contributed by atoms with van der Waals surface area (Å²) >= 11 is 0. The minimum absolute atomic E-state index is 0.106. The van der Waals surface area contributed by atoms with Gasteiger partial charge in [-0.2, -0.15) is 4.98 Å². The number of aromatic nitrogens is 3. The number of piperazine rings is 1. The molecular formula is C25H22N6O5. The molecule has 6 rings (SSSR count). The van der Waals surface area contributed by atoms with Gasteiger partial charge in [0.15, 0.2) is 17.2 Å². The molecule has 0 amide bonds. The quantitative estimate of drug-likeness (QED) is 0.294. The maximum atomic E-state index is 12.1. The van der Waals surface area contributed by atoms with Crippen LogP contribution in [0.1, 0.15) is 5.56 Å². The minimum Gasteiger partial charge on any atom is -0.454 e. The van der Waals surface area contributed by atoms with Gasteiger partial charge in [-0.15, -0.1) is 0 Å². The van der Waals surface area contributed by atoms with Gasteiger partial charge in [0.25, 0.3) is 0 Å². The number of para-hydroxylation sites is 1. The lowest BCUT2D eigenvalue weighted by molar-refractivity contribution is -0.385. The average molecular weight is 486 g/mol. The highest BCUT2D eigenvalue weighted by molar-refractivity contribution is 5.84. The fourth-order valence-corrected chi connectivity index (χ4v) is 4.50. The van der Waals surface area contributed by atoms with Gasteiger partial charge >= 0.3 is 11.6 Å². The van der Waals surface area contributed by atoms with Gasteiger partial charge in [-0.25, -0.2) is 4.98 Å². The van der Waals surface area contributed by atoms with Gasteiger partial charge in [-0.3, -0.25) is 20.0 Å². The molecule has 11 heteroatoms. The molecule has 0 saturated carbocycles. The molecule has 36 heavy (non-hydrogen) atoms. The molecule has 0 aliphatic carbocycles. The van der Waals surface area contributed by atoms with E-state index in [-0.39, 0.29) is 24.2 Å². The molecule has 0 N–H and O–H groups in total. The second kappa shape index (κ2) is 9.27. The van der Waals surface area contributed by atoms with E-state index in [1.807, 2.05) is 47.4 Å². The van der Waals surface area contributed by atoms with Crippen LogP contribution in [0.4, 0.5) is 11.5 Å². The second-order valence-electron chi connectivity index (χ2n) is 8.49. The number of fused-ring (bicyclic) bond motifs is 2. The number of nitro groups is 1. The molecule has 182 valence electrons. The largest absolute Gasteiger partial charge is 0.454 e. The summed E-state index contributed by atoms with van der Waals surface area (Å²) in [6.07, 6.45) is 2.95. The fourth-order valence-electron chi connectivity index (χ4n) is 4.50. The summed E-state index contributed by atoms with van der Waals surface area (Å²) in [6, 6.07) is 15.1. The molecule has 2 aliphatic rings. The first-order chi connectivity index (χ1) is 17.7. The maximum absolute atomic E-state index is 12.1. The first-order valence-electron chi connectivity index (χ1n) is 11.5. The van der Waals surface area contributed by atoms with Crippen molar-refractivity contribution in [2.75, 3.05) is 37.9 Å². The predicted octanol–water partition coefficient (Wildman–Crippen LogP) is 3.78. The number of rotatable bonds is 6. The number of ether oxygens (including phenoxy) is 3. The Morgan fingerprint density at radius 2 is 1.81 bits per heavy atom. The monoisotopic (exact) mass is 486 g/mol. The highest BCUT2D eigenvalue weighted by atomic mass is 16.7. The van der Waals surface area contributed by atoms with E-state index in [1.165, 1.54) is 6.33 Å². The van der Waals surface area contributed by atoms with Gasteiger partial charge in [-0.05, 0) is 29.8 Å². The number of anilines is 1. The average Bonchev–Trinajstić information content (AvgIpc) is 3.37. The van der Waals surface area contributed by atoms with Crippen molar-refractivity contribution in [2.45, 2.75) is 6.54 Å². The lowest BCUT2D eigenvalue weighted by Crippen LogP contribution is -2.46. The summed E-state index contributed by atoms with van der Waals surface area (Å²) in [7, 11) is 0. The van der Waals surface area contributed by atoms with Crippen molar-refractivity contribution in [2.24, 2.45) is 0 Å². The maximum Gasteiger partial charge on any atom is 0.373 e. The Hall–Kier alpha value is -4.51. The molecule has 4 heterocycles. The van der Waals surface area contributed by atoms with Crippen molar-refractivity contribution in [3.05, 3.63) is 76.7 Å². The summed E-state index contributed by atoms with van der Waals surface area (Å²) in [5.74, 6) is 2.06.